The number of rotatable bonds is 3. The van der Waals surface area contributed by atoms with Crippen LogP contribution in [0.2, 0.25) is 0 Å². The fraction of sp³-hybridized carbons (Fsp3) is 0.857. The van der Waals surface area contributed by atoms with E-state index in [1.807, 2.05) is 18.7 Å². The minimum atomic E-state index is -3.08. The summed E-state index contributed by atoms with van der Waals surface area (Å²) in [5.74, 6) is 0.677. The summed E-state index contributed by atoms with van der Waals surface area (Å²) in [7, 11) is 0.181. The quantitative estimate of drug-likeness (QED) is 0.554. The molecule has 0 aromatic heterocycles. The highest BCUT2D eigenvalue weighted by molar-refractivity contribution is 7.92. The first kappa shape index (κ1) is 18.7. The summed E-state index contributed by atoms with van der Waals surface area (Å²) >= 11 is 0. The van der Waals surface area contributed by atoms with Gasteiger partial charge in [-0.25, -0.2) is 8.42 Å². The molecule has 0 unspecified atom stereocenters. The Hall–Kier alpha value is -1.31. The number of guanidine groups is 1. The fourth-order valence-electron chi connectivity index (χ4n) is 2.38. The van der Waals surface area contributed by atoms with Gasteiger partial charge in [-0.05, 0) is 27.7 Å². The van der Waals surface area contributed by atoms with Gasteiger partial charge in [0.15, 0.2) is 15.8 Å². The second-order valence-electron chi connectivity index (χ2n) is 6.86. The molecule has 22 heavy (non-hydrogen) atoms. The lowest BCUT2D eigenvalue weighted by Crippen LogP contribution is -2.58. The van der Waals surface area contributed by atoms with Crippen LogP contribution in [0, 0.1) is 5.41 Å². The van der Waals surface area contributed by atoms with Gasteiger partial charge in [0.05, 0.1) is 15.9 Å². The van der Waals surface area contributed by atoms with Crippen molar-refractivity contribution in [2.75, 3.05) is 39.5 Å². The van der Waals surface area contributed by atoms with Crippen molar-refractivity contribution in [2.24, 2.45) is 10.4 Å². The molecule has 8 heteroatoms. The number of hydrogen-bond donors (Lipinski definition) is 2. The third-order valence-corrected chi connectivity index (χ3v) is 6.62. The lowest BCUT2D eigenvalue weighted by atomic mass is 9.92. The van der Waals surface area contributed by atoms with Gasteiger partial charge in [-0.15, -0.1) is 0 Å². The van der Waals surface area contributed by atoms with E-state index in [2.05, 4.69) is 15.6 Å². The highest BCUT2D eigenvalue weighted by Crippen LogP contribution is 2.24. The molecule has 1 amide bonds. The monoisotopic (exact) mass is 332 g/mol. The maximum absolute atomic E-state index is 12.1. The standard InChI is InChI=1S/C14H28N4O3S/c1-13(2,11(19)15-5)9-17-12(16-6)18-7-8-22(20,21)14(3,4)10-18/h7-10H2,1-6H3,(H,15,19)(H,16,17). The molecular weight excluding hydrogens is 304 g/mol. The minimum absolute atomic E-state index is 0.0583. The van der Waals surface area contributed by atoms with Gasteiger partial charge in [-0.1, -0.05) is 0 Å². The van der Waals surface area contributed by atoms with E-state index in [0.29, 0.717) is 25.6 Å². The molecule has 0 atom stereocenters. The Morgan fingerprint density at radius 1 is 1.36 bits per heavy atom. The zero-order chi connectivity index (χ0) is 17.2. The number of sulfone groups is 1. The van der Waals surface area contributed by atoms with Crippen LogP contribution < -0.4 is 10.6 Å². The van der Waals surface area contributed by atoms with Crippen LogP contribution in [0.4, 0.5) is 0 Å². The van der Waals surface area contributed by atoms with E-state index < -0.39 is 20.0 Å². The van der Waals surface area contributed by atoms with E-state index in [0.717, 1.165) is 0 Å². The van der Waals surface area contributed by atoms with Gasteiger partial charge in [0.1, 0.15) is 0 Å². The molecule has 1 aliphatic rings. The average molecular weight is 332 g/mol. The summed E-state index contributed by atoms with van der Waals surface area (Å²) in [6.45, 7) is 8.37. The van der Waals surface area contributed by atoms with Crippen molar-refractivity contribution in [2.45, 2.75) is 32.4 Å². The summed E-state index contributed by atoms with van der Waals surface area (Å²) in [6.07, 6.45) is 0. The molecule has 0 bridgehead atoms. The number of hydrogen-bond acceptors (Lipinski definition) is 4. The topological polar surface area (TPSA) is 90.9 Å². The van der Waals surface area contributed by atoms with Gasteiger partial charge >= 0.3 is 0 Å². The van der Waals surface area contributed by atoms with Crippen molar-refractivity contribution in [1.29, 1.82) is 0 Å². The molecule has 1 fully saturated rings. The first-order valence-electron chi connectivity index (χ1n) is 7.37. The molecule has 0 spiro atoms. The molecule has 0 aromatic carbocycles. The molecule has 0 radical (unpaired) electrons. The maximum Gasteiger partial charge on any atom is 0.227 e. The first-order valence-corrected chi connectivity index (χ1v) is 9.02. The van der Waals surface area contributed by atoms with E-state index >= 15 is 0 Å². The molecule has 1 saturated heterocycles. The third kappa shape index (κ3) is 3.91. The first-order chi connectivity index (χ1) is 9.97. The third-order valence-electron chi connectivity index (χ3n) is 4.09. The molecule has 1 aliphatic heterocycles. The molecular formula is C14H28N4O3S. The summed E-state index contributed by atoms with van der Waals surface area (Å²) in [5, 5.41) is 5.82. The second kappa shape index (κ2) is 6.44. The number of nitrogens with zero attached hydrogens (tertiary/aromatic N) is 2. The molecule has 7 nitrogen and oxygen atoms in total. The van der Waals surface area contributed by atoms with Gasteiger partial charge in [-0.3, -0.25) is 9.79 Å². The van der Waals surface area contributed by atoms with E-state index in [-0.39, 0.29) is 11.7 Å². The predicted molar refractivity (Wildman–Crippen MR) is 88.6 cm³/mol. The average Bonchev–Trinajstić information content (AvgIpc) is 2.42. The van der Waals surface area contributed by atoms with E-state index in [9.17, 15) is 13.2 Å². The predicted octanol–water partition coefficient (Wildman–Crippen LogP) is -0.157. The van der Waals surface area contributed by atoms with Crippen LogP contribution in [-0.2, 0) is 14.6 Å². The van der Waals surface area contributed by atoms with Gasteiger partial charge in [0, 0.05) is 33.7 Å². The van der Waals surface area contributed by atoms with Gasteiger partial charge in [0.2, 0.25) is 5.91 Å². The number of carbonyl (C=O) groups excluding carboxylic acids is 1. The van der Waals surface area contributed by atoms with E-state index in [1.54, 1.807) is 27.9 Å². The van der Waals surface area contributed by atoms with Crippen LogP contribution >= 0.6 is 0 Å². The summed E-state index contributed by atoms with van der Waals surface area (Å²) in [5.41, 5.74) is -0.581. The molecule has 1 heterocycles. The second-order valence-corrected chi connectivity index (χ2v) is 9.61. The summed E-state index contributed by atoms with van der Waals surface area (Å²) < 4.78 is 23.3. The van der Waals surface area contributed by atoms with Crippen LogP contribution in [0.5, 0.6) is 0 Å². The number of nitrogens with one attached hydrogen (secondary N) is 2. The fourth-order valence-corrected chi connectivity index (χ4v) is 3.74. The Kier molecular flexibility index (Phi) is 5.48. The summed E-state index contributed by atoms with van der Waals surface area (Å²) in [6, 6.07) is 0. The number of amides is 1. The molecule has 0 aliphatic carbocycles. The summed E-state index contributed by atoms with van der Waals surface area (Å²) in [4.78, 5) is 18.0. The van der Waals surface area contributed by atoms with Crippen LogP contribution in [0.1, 0.15) is 27.7 Å². The molecule has 0 saturated carbocycles. The largest absolute Gasteiger partial charge is 0.359 e. The van der Waals surface area contributed by atoms with Crippen LogP contribution in [0.15, 0.2) is 4.99 Å². The van der Waals surface area contributed by atoms with Crippen molar-refractivity contribution < 1.29 is 13.2 Å². The van der Waals surface area contributed by atoms with Crippen LogP contribution in [0.25, 0.3) is 0 Å². The van der Waals surface area contributed by atoms with Gasteiger partial charge in [0.25, 0.3) is 0 Å². The van der Waals surface area contributed by atoms with E-state index in [1.165, 1.54) is 0 Å². The Labute approximate surface area is 133 Å². The zero-order valence-electron chi connectivity index (χ0n) is 14.4. The lowest BCUT2D eigenvalue weighted by Gasteiger charge is -2.39. The molecule has 0 aromatic rings. The van der Waals surface area contributed by atoms with Crippen molar-refractivity contribution in [1.82, 2.24) is 15.5 Å². The van der Waals surface area contributed by atoms with Crippen molar-refractivity contribution >= 4 is 21.7 Å². The zero-order valence-corrected chi connectivity index (χ0v) is 15.2. The number of aliphatic imine (C=N–C) groups is 1. The SMILES string of the molecule is CN=C(NCC(C)(C)C(=O)NC)N1CCS(=O)(=O)C(C)(C)C1. The maximum atomic E-state index is 12.1. The van der Waals surface area contributed by atoms with Crippen LogP contribution in [0.3, 0.4) is 0 Å². The highest BCUT2D eigenvalue weighted by atomic mass is 32.2. The molecule has 2 N–H and O–H groups in total. The molecule has 128 valence electrons. The minimum Gasteiger partial charge on any atom is -0.359 e. The molecule has 1 rings (SSSR count). The van der Waals surface area contributed by atoms with Crippen molar-refractivity contribution in [3.05, 3.63) is 0 Å². The number of carbonyl (C=O) groups is 1. The van der Waals surface area contributed by atoms with Crippen molar-refractivity contribution in [3.8, 4) is 0 Å². The Morgan fingerprint density at radius 3 is 2.41 bits per heavy atom. The van der Waals surface area contributed by atoms with E-state index in [4.69, 9.17) is 0 Å². The van der Waals surface area contributed by atoms with Gasteiger partial charge in [-0.2, -0.15) is 0 Å². The lowest BCUT2D eigenvalue weighted by molar-refractivity contribution is -0.128. The van der Waals surface area contributed by atoms with Crippen molar-refractivity contribution in [3.63, 3.8) is 0 Å². The van der Waals surface area contributed by atoms with Gasteiger partial charge < -0.3 is 15.5 Å². The highest BCUT2D eigenvalue weighted by Gasteiger charge is 2.41. The Balaban J connectivity index is 2.77. The normalized spacial score (nSPS) is 21.4. The Bertz CT molecular complexity index is 552. The smallest absolute Gasteiger partial charge is 0.227 e. The Morgan fingerprint density at radius 2 is 1.95 bits per heavy atom. The van der Waals surface area contributed by atoms with Crippen LogP contribution in [-0.4, -0.2) is 69.4 Å².